The first-order valence-electron chi connectivity index (χ1n) is 2.73. The maximum absolute atomic E-state index is 10.7. The summed E-state index contributed by atoms with van der Waals surface area (Å²) in [5.41, 5.74) is 0. The van der Waals surface area contributed by atoms with Gasteiger partial charge < -0.3 is 0 Å². The second-order valence-electron chi connectivity index (χ2n) is 1.96. The first-order chi connectivity index (χ1) is 5.02. The molecule has 0 amide bonds. The number of nitrogens with zero attached hydrogens (tertiary/aromatic N) is 2. The molecule has 0 fully saturated rings. The maximum Gasteiger partial charge on any atom is 0.447 e. The molecule has 1 N–H and O–H groups in total. The summed E-state index contributed by atoms with van der Waals surface area (Å²) in [5.74, 6) is 0. The van der Waals surface area contributed by atoms with Crippen LogP contribution in [0.4, 0.5) is 0 Å². The molecule has 0 saturated heterocycles. The minimum atomic E-state index is -4.23. The zero-order valence-electron chi connectivity index (χ0n) is 5.58. The van der Waals surface area contributed by atoms with Crippen molar-refractivity contribution in [3.8, 4) is 0 Å². The number of aliphatic imine (C=N–C) groups is 1. The normalized spacial score (nSPS) is 29.2. The van der Waals surface area contributed by atoms with E-state index in [-0.39, 0.29) is 0 Å². The summed E-state index contributed by atoms with van der Waals surface area (Å²) in [5, 5.41) is 0. The summed E-state index contributed by atoms with van der Waals surface area (Å²) >= 11 is 0. The molecule has 0 aliphatic carbocycles. The van der Waals surface area contributed by atoms with Gasteiger partial charge in [-0.1, -0.05) is 3.89 Å². The summed E-state index contributed by atoms with van der Waals surface area (Å²) in [6.45, 7) is 3.27. The first kappa shape index (κ1) is 8.12. The van der Waals surface area contributed by atoms with Crippen molar-refractivity contribution in [1.29, 1.82) is 0 Å². The van der Waals surface area contributed by atoms with E-state index < -0.39 is 14.2 Å². The first-order valence-corrected chi connectivity index (χ1v) is 4.13. The lowest BCUT2D eigenvalue weighted by Crippen LogP contribution is -2.39. The third kappa shape index (κ3) is 1.11. The minimum Gasteiger partial charge on any atom is -0.240 e. The Labute approximate surface area is 64.4 Å². The van der Waals surface area contributed by atoms with Gasteiger partial charge in [0.15, 0.2) is 0 Å². The van der Waals surface area contributed by atoms with E-state index in [9.17, 15) is 8.42 Å². The third-order valence-corrected chi connectivity index (χ3v) is 2.48. The fourth-order valence-electron chi connectivity index (χ4n) is 0.663. The van der Waals surface area contributed by atoms with E-state index >= 15 is 0 Å². The van der Waals surface area contributed by atoms with Gasteiger partial charge in [0, 0.05) is 0 Å². The number of quaternary nitrogens is 1. The number of rotatable bonds is 2. The third-order valence-electron chi connectivity index (χ3n) is 1.32. The molecule has 6 heteroatoms. The molecule has 11 heavy (non-hydrogen) atoms. The number of hydrogen-bond donors (Lipinski definition) is 1. The molecule has 1 rings (SSSR count). The van der Waals surface area contributed by atoms with Crippen LogP contribution in [0.2, 0.25) is 0 Å². The van der Waals surface area contributed by atoms with Gasteiger partial charge in [-0.3, -0.25) is 0 Å². The molecule has 1 aliphatic rings. The van der Waals surface area contributed by atoms with E-state index in [0.29, 0.717) is 0 Å². The van der Waals surface area contributed by atoms with Crippen molar-refractivity contribution in [2.24, 2.45) is 4.99 Å². The monoisotopic (exact) mass is 175 g/mol. The highest BCUT2D eigenvalue weighted by Gasteiger charge is 2.37. The lowest BCUT2D eigenvalue weighted by molar-refractivity contribution is -0.578. The van der Waals surface area contributed by atoms with Crippen LogP contribution in [-0.4, -0.2) is 23.2 Å². The molecular weight excluding hydrogens is 168 g/mol. The van der Waals surface area contributed by atoms with Crippen molar-refractivity contribution in [1.82, 2.24) is 0 Å². The predicted octanol–water partition coefficient (Wildman–Crippen LogP) is 0.263. The van der Waals surface area contributed by atoms with Gasteiger partial charge in [0.1, 0.15) is 12.4 Å². The molecule has 0 aromatic carbocycles. The van der Waals surface area contributed by atoms with E-state index in [1.165, 1.54) is 12.4 Å². The van der Waals surface area contributed by atoms with E-state index in [0.717, 1.165) is 12.5 Å². The summed E-state index contributed by atoms with van der Waals surface area (Å²) in [6, 6.07) is 0. The Morgan fingerprint density at radius 1 is 1.64 bits per heavy atom. The van der Waals surface area contributed by atoms with Gasteiger partial charge in [0.25, 0.3) is 0 Å². The van der Waals surface area contributed by atoms with Gasteiger partial charge in [-0.2, -0.15) is 0 Å². The standard InChI is InChI=1S/C5H6N2O3S/c1-2-7(11(8,9)10)4-3-6-5-7/h2-5H,1H2/p+1. The Balaban J connectivity index is 3.26. The minimum absolute atomic E-state index is 0.840. The molecule has 0 radical (unpaired) electrons. The Morgan fingerprint density at radius 2 is 2.27 bits per heavy atom. The Hall–Kier alpha value is -0.980. The fourth-order valence-corrected chi connectivity index (χ4v) is 1.23. The van der Waals surface area contributed by atoms with Crippen molar-refractivity contribution >= 4 is 16.6 Å². The molecule has 0 spiro atoms. The molecule has 1 atom stereocenters. The van der Waals surface area contributed by atoms with Crippen molar-refractivity contribution in [3.63, 3.8) is 0 Å². The molecular formula is C5H7N2O3S+. The average molecular weight is 175 g/mol. The maximum atomic E-state index is 10.7. The Bertz CT molecular complexity index is 316. The lowest BCUT2D eigenvalue weighted by Gasteiger charge is -2.15. The zero-order valence-corrected chi connectivity index (χ0v) is 6.40. The second-order valence-corrected chi connectivity index (χ2v) is 3.48. The van der Waals surface area contributed by atoms with Crippen LogP contribution in [0.1, 0.15) is 0 Å². The SMILES string of the molecule is C=C[N+]1(S(=O)(=O)O)C=CN=C1. The van der Waals surface area contributed by atoms with Crippen LogP contribution in [0.5, 0.6) is 0 Å². The van der Waals surface area contributed by atoms with E-state index in [2.05, 4.69) is 11.6 Å². The summed E-state index contributed by atoms with van der Waals surface area (Å²) in [7, 11) is -4.23. The van der Waals surface area contributed by atoms with Crippen LogP contribution >= 0.6 is 0 Å². The van der Waals surface area contributed by atoms with Crippen LogP contribution in [0.25, 0.3) is 0 Å². The summed E-state index contributed by atoms with van der Waals surface area (Å²) < 4.78 is 29.3. The molecule has 1 unspecified atom stereocenters. The predicted molar refractivity (Wildman–Crippen MR) is 39.6 cm³/mol. The Kier molecular flexibility index (Phi) is 1.67. The van der Waals surface area contributed by atoms with Crippen LogP contribution in [0, 0.1) is 0 Å². The van der Waals surface area contributed by atoms with Crippen LogP contribution in [-0.2, 0) is 10.3 Å². The van der Waals surface area contributed by atoms with Gasteiger partial charge in [0.05, 0.1) is 6.20 Å². The molecule has 1 aliphatic heterocycles. The highest BCUT2D eigenvalue weighted by Crippen LogP contribution is 2.16. The molecule has 0 aromatic heterocycles. The molecule has 5 nitrogen and oxygen atoms in total. The van der Waals surface area contributed by atoms with E-state index in [1.54, 1.807) is 0 Å². The fraction of sp³-hybridized carbons (Fsp3) is 0. The van der Waals surface area contributed by atoms with Gasteiger partial charge in [0.2, 0.25) is 6.34 Å². The van der Waals surface area contributed by atoms with Gasteiger partial charge >= 0.3 is 10.3 Å². The van der Waals surface area contributed by atoms with Crippen molar-refractivity contribution in [2.75, 3.05) is 0 Å². The van der Waals surface area contributed by atoms with Crippen molar-refractivity contribution < 1.29 is 16.9 Å². The molecule has 0 saturated carbocycles. The lowest BCUT2D eigenvalue weighted by atomic mass is 10.8. The van der Waals surface area contributed by atoms with E-state index in [1.807, 2.05) is 0 Å². The van der Waals surface area contributed by atoms with E-state index in [4.69, 9.17) is 4.55 Å². The molecule has 0 aromatic rings. The quantitative estimate of drug-likeness (QED) is 0.483. The summed E-state index contributed by atoms with van der Waals surface area (Å²) in [4.78, 5) is 3.53. The average Bonchev–Trinajstić information content (AvgIpc) is 2.33. The highest BCUT2D eigenvalue weighted by atomic mass is 32.2. The largest absolute Gasteiger partial charge is 0.447 e. The number of hydrogen-bond acceptors (Lipinski definition) is 3. The van der Waals surface area contributed by atoms with Gasteiger partial charge in [-0.05, 0) is 6.58 Å². The van der Waals surface area contributed by atoms with Crippen LogP contribution in [0.3, 0.4) is 0 Å². The van der Waals surface area contributed by atoms with Crippen LogP contribution in [0.15, 0.2) is 30.2 Å². The Morgan fingerprint density at radius 3 is 2.45 bits per heavy atom. The topological polar surface area (TPSA) is 66.7 Å². The van der Waals surface area contributed by atoms with Gasteiger partial charge in [-0.15, -0.1) is 8.42 Å². The summed E-state index contributed by atoms with van der Waals surface area (Å²) in [6.07, 6.45) is 4.59. The van der Waals surface area contributed by atoms with Crippen molar-refractivity contribution in [2.45, 2.75) is 0 Å². The highest BCUT2D eigenvalue weighted by molar-refractivity contribution is 7.80. The molecule has 60 valence electrons. The molecule has 1 heterocycles. The van der Waals surface area contributed by atoms with Crippen molar-refractivity contribution in [3.05, 3.63) is 25.2 Å². The smallest absolute Gasteiger partial charge is 0.240 e. The van der Waals surface area contributed by atoms with Crippen LogP contribution < -0.4 is 0 Å². The van der Waals surface area contributed by atoms with Gasteiger partial charge in [-0.25, -0.2) is 9.55 Å². The molecule has 0 bridgehead atoms. The second kappa shape index (κ2) is 2.26. The zero-order chi connectivity index (χ0) is 8.54.